The van der Waals surface area contributed by atoms with Gasteiger partial charge in [0.15, 0.2) is 0 Å². The molecule has 2 amide bonds. The summed E-state index contributed by atoms with van der Waals surface area (Å²) in [7, 11) is 2.14. The van der Waals surface area contributed by atoms with Gasteiger partial charge in [-0.2, -0.15) is 0 Å². The Morgan fingerprint density at radius 2 is 1.77 bits per heavy atom. The monoisotopic (exact) mass is 353 g/mol. The third-order valence-electron chi connectivity index (χ3n) is 4.81. The third-order valence-corrected chi connectivity index (χ3v) is 4.81. The molecule has 2 aromatic rings. The van der Waals surface area contributed by atoms with Crippen molar-refractivity contribution < 1.29 is 4.79 Å². The van der Waals surface area contributed by atoms with Crippen LogP contribution in [-0.4, -0.2) is 49.1 Å². The Kier molecular flexibility index (Phi) is 5.73. The molecule has 0 aliphatic carbocycles. The van der Waals surface area contributed by atoms with Crippen molar-refractivity contribution >= 4 is 17.5 Å². The Bertz CT molecular complexity index is 731. The highest BCUT2D eigenvalue weighted by Gasteiger charge is 2.15. The molecule has 0 bridgehead atoms. The molecule has 0 spiro atoms. The zero-order valence-corrected chi connectivity index (χ0v) is 15.7. The maximum absolute atomic E-state index is 12.2. The molecule has 1 aromatic heterocycles. The Balaban J connectivity index is 1.52. The number of piperazine rings is 1. The molecular weight excluding hydrogens is 326 g/mol. The maximum atomic E-state index is 12.2. The van der Waals surface area contributed by atoms with Gasteiger partial charge in [-0.25, -0.2) is 9.78 Å². The topological polar surface area (TPSA) is 60.5 Å². The van der Waals surface area contributed by atoms with Gasteiger partial charge in [-0.05, 0) is 43.7 Å². The number of likely N-dealkylation sites (N-methyl/N-ethyl adjacent to an activating group) is 1. The molecule has 1 saturated heterocycles. The van der Waals surface area contributed by atoms with Crippen molar-refractivity contribution in [2.24, 2.45) is 0 Å². The summed E-state index contributed by atoms with van der Waals surface area (Å²) in [4.78, 5) is 21.4. The number of urea groups is 1. The molecule has 0 saturated carbocycles. The molecule has 3 rings (SSSR count). The van der Waals surface area contributed by atoms with E-state index in [4.69, 9.17) is 0 Å². The maximum Gasteiger partial charge on any atom is 0.319 e. The zero-order valence-electron chi connectivity index (χ0n) is 15.7. The lowest BCUT2D eigenvalue weighted by Gasteiger charge is -2.33. The second kappa shape index (κ2) is 8.19. The minimum atomic E-state index is -0.203. The number of carbonyl (C=O) groups is 1. The fourth-order valence-electron chi connectivity index (χ4n) is 3.10. The first-order valence-corrected chi connectivity index (χ1v) is 9.02. The highest BCUT2D eigenvalue weighted by molar-refractivity contribution is 5.90. The molecule has 1 aromatic carbocycles. The summed E-state index contributed by atoms with van der Waals surface area (Å²) >= 11 is 0. The van der Waals surface area contributed by atoms with Crippen LogP contribution in [0, 0.1) is 13.8 Å². The van der Waals surface area contributed by atoms with Crippen molar-refractivity contribution in [2.75, 3.05) is 43.4 Å². The van der Waals surface area contributed by atoms with Crippen molar-refractivity contribution in [2.45, 2.75) is 20.4 Å². The van der Waals surface area contributed by atoms with E-state index < -0.39 is 0 Å². The van der Waals surface area contributed by atoms with Crippen LogP contribution in [-0.2, 0) is 6.54 Å². The highest BCUT2D eigenvalue weighted by atomic mass is 16.2. The van der Waals surface area contributed by atoms with E-state index in [1.54, 1.807) is 0 Å². The van der Waals surface area contributed by atoms with Crippen LogP contribution >= 0.6 is 0 Å². The molecule has 2 N–H and O–H groups in total. The van der Waals surface area contributed by atoms with E-state index in [0.29, 0.717) is 6.54 Å². The second-order valence-corrected chi connectivity index (χ2v) is 6.89. The Morgan fingerprint density at radius 3 is 2.38 bits per heavy atom. The van der Waals surface area contributed by atoms with Gasteiger partial charge in [0.1, 0.15) is 5.82 Å². The number of hydrogen-bond donors (Lipinski definition) is 2. The summed E-state index contributed by atoms with van der Waals surface area (Å²) in [6.07, 6.45) is 1.84. The molecule has 2 heterocycles. The molecule has 0 atom stereocenters. The molecule has 1 fully saturated rings. The largest absolute Gasteiger partial charge is 0.354 e. The number of rotatable bonds is 4. The van der Waals surface area contributed by atoms with E-state index in [1.807, 2.05) is 50.4 Å². The summed E-state index contributed by atoms with van der Waals surface area (Å²) in [6.45, 7) is 8.55. The molecular formula is C20H27N5O. The first-order chi connectivity index (χ1) is 12.5. The normalized spacial score (nSPS) is 15.0. The first-order valence-electron chi connectivity index (χ1n) is 9.02. The van der Waals surface area contributed by atoms with E-state index in [2.05, 4.69) is 32.5 Å². The Labute approximate surface area is 155 Å². The van der Waals surface area contributed by atoms with E-state index >= 15 is 0 Å². The SMILES string of the molecule is Cc1cccc(C)c1NC(=O)NCc1ccc(N2CCN(C)CC2)nc1. The minimum absolute atomic E-state index is 0.203. The van der Waals surface area contributed by atoms with Crippen LogP contribution in [0.5, 0.6) is 0 Å². The van der Waals surface area contributed by atoms with Gasteiger partial charge in [0.25, 0.3) is 0 Å². The van der Waals surface area contributed by atoms with Gasteiger partial charge in [-0.15, -0.1) is 0 Å². The van der Waals surface area contributed by atoms with Crippen molar-refractivity contribution in [3.63, 3.8) is 0 Å². The third kappa shape index (κ3) is 4.52. The first kappa shape index (κ1) is 18.2. The second-order valence-electron chi connectivity index (χ2n) is 6.89. The summed E-state index contributed by atoms with van der Waals surface area (Å²) in [5.74, 6) is 1.00. The van der Waals surface area contributed by atoms with Crippen molar-refractivity contribution in [1.29, 1.82) is 0 Å². The van der Waals surface area contributed by atoms with Crippen molar-refractivity contribution in [1.82, 2.24) is 15.2 Å². The smallest absolute Gasteiger partial charge is 0.319 e. The number of anilines is 2. The summed E-state index contributed by atoms with van der Waals surface area (Å²) in [5.41, 5.74) is 3.96. The molecule has 1 aliphatic heterocycles. The molecule has 1 aliphatic rings. The van der Waals surface area contributed by atoms with Gasteiger partial charge < -0.3 is 20.4 Å². The average molecular weight is 353 g/mol. The summed E-state index contributed by atoms with van der Waals surface area (Å²) < 4.78 is 0. The lowest BCUT2D eigenvalue weighted by molar-refractivity contribution is 0.251. The van der Waals surface area contributed by atoms with Crippen LogP contribution in [0.1, 0.15) is 16.7 Å². The average Bonchev–Trinajstić information content (AvgIpc) is 2.64. The van der Waals surface area contributed by atoms with E-state index in [9.17, 15) is 4.79 Å². The van der Waals surface area contributed by atoms with Crippen LogP contribution in [0.15, 0.2) is 36.5 Å². The van der Waals surface area contributed by atoms with Crippen LogP contribution in [0.2, 0.25) is 0 Å². The molecule has 0 radical (unpaired) electrons. The number of aryl methyl sites for hydroxylation is 2. The molecule has 6 heteroatoms. The fraction of sp³-hybridized carbons (Fsp3) is 0.400. The Morgan fingerprint density at radius 1 is 1.08 bits per heavy atom. The van der Waals surface area contributed by atoms with Crippen LogP contribution in [0.25, 0.3) is 0 Å². The summed E-state index contributed by atoms with van der Waals surface area (Å²) in [6, 6.07) is 9.82. The lowest BCUT2D eigenvalue weighted by Crippen LogP contribution is -2.44. The number of carbonyl (C=O) groups excluding carboxylic acids is 1. The number of nitrogens with zero attached hydrogens (tertiary/aromatic N) is 3. The van der Waals surface area contributed by atoms with Gasteiger partial charge in [-0.3, -0.25) is 0 Å². The van der Waals surface area contributed by atoms with Gasteiger partial charge in [0, 0.05) is 44.6 Å². The highest BCUT2D eigenvalue weighted by Crippen LogP contribution is 2.19. The molecule has 0 unspecified atom stereocenters. The van der Waals surface area contributed by atoms with Crippen LogP contribution in [0.3, 0.4) is 0 Å². The minimum Gasteiger partial charge on any atom is -0.354 e. The van der Waals surface area contributed by atoms with Gasteiger partial charge in [-0.1, -0.05) is 24.3 Å². The number of nitrogens with one attached hydrogen (secondary N) is 2. The molecule has 6 nitrogen and oxygen atoms in total. The predicted octanol–water partition coefficient (Wildman–Crippen LogP) is 2.77. The van der Waals surface area contributed by atoms with E-state index in [1.165, 1.54) is 0 Å². The fourth-order valence-corrected chi connectivity index (χ4v) is 3.10. The molecule has 138 valence electrons. The standard InChI is InChI=1S/C20H27N5O/c1-15-5-4-6-16(2)19(15)23-20(26)22-14-17-7-8-18(21-13-17)25-11-9-24(3)10-12-25/h4-8,13H,9-12,14H2,1-3H3,(H2,22,23,26). The summed E-state index contributed by atoms with van der Waals surface area (Å²) in [5, 5.41) is 5.83. The van der Waals surface area contributed by atoms with E-state index in [-0.39, 0.29) is 6.03 Å². The molecule has 26 heavy (non-hydrogen) atoms. The predicted molar refractivity (Wildman–Crippen MR) is 106 cm³/mol. The number of benzene rings is 1. The van der Waals surface area contributed by atoms with Gasteiger partial charge in [0.2, 0.25) is 0 Å². The van der Waals surface area contributed by atoms with E-state index in [0.717, 1.165) is 54.4 Å². The lowest BCUT2D eigenvalue weighted by atomic mass is 10.1. The number of para-hydroxylation sites is 1. The number of aromatic nitrogens is 1. The number of hydrogen-bond acceptors (Lipinski definition) is 4. The van der Waals surface area contributed by atoms with Crippen molar-refractivity contribution in [3.8, 4) is 0 Å². The van der Waals surface area contributed by atoms with Crippen LogP contribution in [0.4, 0.5) is 16.3 Å². The number of amides is 2. The quantitative estimate of drug-likeness (QED) is 0.887. The van der Waals surface area contributed by atoms with Gasteiger partial charge >= 0.3 is 6.03 Å². The zero-order chi connectivity index (χ0) is 18.5. The van der Waals surface area contributed by atoms with Crippen molar-refractivity contribution in [3.05, 3.63) is 53.2 Å². The number of pyridine rings is 1. The van der Waals surface area contributed by atoms with Gasteiger partial charge in [0.05, 0.1) is 0 Å². The van der Waals surface area contributed by atoms with Crippen LogP contribution < -0.4 is 15.5 Å². The Hall–Kier alpha value is -2.60.